The molecule has 0 aromatic carbocycles. The Morgan fingerprint density at radius 3 is 2.15 bits per heavy atom. The molecule has 78 valence electrons. The molecular weight excluding hydrogens is 214 g/mol. The molecule has 0 aliphatic rings. The molecule has 5 nitrogen and oxygen atoms in total. The second kappa shape index (κ2) is 4.73. The SMILES string of the molecule is C=CS(=O)(=O)CCS(=O)(=O)NCC. The molecule has 0 spiro atoms. The van der Waals surface area contributed by atoms with Crippen LogP contribution in [0.5, 0.6) is 0 Å². The summed E-state index contributed by atoms with van der Waals surface area (Å²) in [6.45, 7) is 4.96. The second-order valence-electron chi connectivity index (χ2n) is 2.35. The number of nitrogens with one attached hydrogen (secondary N) is 1. The van der Waals surface area contributed by atoms with Crippen molar-refractivity contribution in [3.63, 3.8) is 0 Å². The third-order valence-electron chi connectivity index (χ3n) is 1.25. The molecule has 0 aromatic rings. The van der Waals surface area contributed by atoms with E-state index in [2.05, 4.69) is 11.3 Å². The Morgan fingerprint density at radius 2 is 1.77 bits per heavy atom. The molecule has 0 saturated heterocycles. The van der Waals surface area contributed by atoms with Gasteiger partial charge in [0.1, 0.15) is 0 Å². The topological polar surface area (TPSA) is 80.3 Å². The van der Waals surface area contributed by atoms with Gasteiger partial charge < -0.3 is 0 Å². The van der Waals surface area contributed by atoms with E-state index in [-0.39, 0.29) is 6.54 Å². The van der Waals surface area contributed by atoms with Crippen LogP contribution in [0.25, 0.3) is 0 Å². The summed E-state index contributed by atoms with van der Waals surface area (Å²) in [4.78, 5) is 0. The normalized spacial score (nSPS) is 12.7. The third kappa shape index (κ3) is 5.78. The van der Waals surface area contributed by atoms with Crippen LogP contribution in [0.3, 0.4) is 0 Å². The van der Waals surface area contributed by atoms with Gasteiger partial charge in [-0.15, -0.1) is 0 Å². The van der Waals surface area contributed by atoms with Crippen molar-refractivity contribution in [1.29, 1.82) is 0 Å². The molecule has 0 fully saturated rings. The molecule has 0 aliphatic heterocycles. The van der Waals surface area contributed by atoms with Gasteiger partial charge in [0, 0.05) is 12.0 Å². The minimum absolute atomic E-state index is 0.260. The fourth-order valence-electron chi connectivity index (χ4n) is 0.601. The van der Waals surface area contributed by atoms with E-state index in [1.807, 2.05) is 0 Å². The summed E-state index contributed by atoms with van der Waals surface area (Å²) in [5, 5.41) is 0.758. The molecule has 0 aliphatic carbocycles. The van der Waals surface area contributed by atoms with E-state index in [1.165, 1.54) is 0 Å². The summed E-state index contributed by atoms with van der Waals surface area (Å²) >= 11 is 0. The first-order valence-electron chi connectivity index (χ1n) is 3.65. The second-order valence-corrected chi connectivity index (χ2v) is 6.34. The van der Waals surface area contributed by atoms with Gasteiger partial charge in [-0.05, 0) is 0 Å². The van der Waals surface area contributed by atoms with Crippen LogP contribution in [0.4, 0.5) is 0 Å². The zero-order valence-electron chi connectivity index (χ0n) is 7.36. The quantitative estimate of drug-likeness (QED) is 0.662. The van der Waals surface area contributed by atoms with E-state index >= 15 is 0 Å². The monoisotopic (exact) mass is 227 g/mol. The average Bonchev–Trinajstić information content (AvgIpc) is 2.02. The van der Waals surface area contributed by atoms with Crippen LogP contribution in [0, 0.1) is 0 Å². The molecule has 7 heteroatoms. The Hall–Kier alpha value is -0.400. The average molecular weight is 227 g/mol. The maximum absolute atomic E-state index is 11.0. The van der Waals surface area contributed by atoms with E-state index in [0.29, 0.717) is 0 Å². The van der Waals surface area contributed by atoms with Crippen LogP contribution in [-0.2, 0) is 19.9 Å². The maximum Gasteiger partial charge on any atom is 0.212 e. The van der Waals surface area contributed by atoms with Gasteiger partial charge in [-0.3, -0.25) is 0 Å². The number of hydrogen-bond acceptors (Lipinski definition) is 4. The highest BCUT2D eigenvalue weighted by Gasteiger charge is 2.13. The van der Waals surface area contributed by atoms with Gasteiger partial charge in [0.2, 0.25) is 10.0 Å². The highest BCUT2D eigenvalue weighted by atomic mass is 32.2. The number of sulfone groups is 1. The highest BCUT2D eigenvalue weighted by molar-refractivity contribution is 7.96. The smallest absolute Gasteiger partial charge is 0.212 e. The van der Waals surface area contributed by atoms with Gasteiger partial charge in [-0.25, -0.2) is 21.6 Å². The number of sulfonamides is 1. The molecule has 0 saturated carbocycles. The van der Waals surface area contributed by atoms with Crippen LogP contribution in [0.15, 0.2) is 12.0 Å². The van der Waals surface area contributed by atoms with Crippen molar-refractivity contribution in [3.8, 4) is 0 Å². The molecule has 0 heterocycles. The lowest BCUT2D eigenvalue weighted by Gasteiger charge is -2.02. The Labute approximate surface area is 78.8 Å². The molecule has 0 atom stereocenters. The predicted octanol–water partition coefficient (Wildman–Crippen LogP) is -0.516. The molecule has 0 bridgehead atoms. The summed E-state index contributed by atoms with van der Waals surface area (Å²) in [5.41, 5.74) is 0. The Bertz CT molecular complexity index is 354. The molecule has 13 heavy (non-hydrogen) atoms. The van der Waals surface area contributed by atoms with Crippen molar-refractivity contribution in [1.82, 2.24) is 4.72 Å². The van der Waals surface area contributed by atoms with E-state index in [4.69, 9.17) is 0 Å². The Kier molecular flexibility index (Phi) is 4.58. The summed E-state index contributed by atoms with van der Waals surface area (Å²) in [6, 6.07) is 0. The fraction of sp³-hybridized carbons (Fsp3) is 0.667. The van der Waals surface area contributed by atoms with Crippen molar-refractivity contribution >= 4 is 19.9 Å². The zero-order chi connectivity index (χ0) is 10.5. The van der Waals surface area contributed by atoms with E-state index in [0.717, 1.165) is 5.41 Å². The van der Waals surface area contributed by atoms with Crippen molar-refractivity contribution < 1.29 is 16.8 Å². The van der Waals surface area contributed by atoms with Gasteiger partial charge in [0.25, 0.3) is 0 Å². The summed E-state index contributed by atoms with van der Waals surface area (Å²) < 4.78 is 45.8. The molecule has 0 rings (SSSR count). The van der Waals surface area contributed by atoms with Crippen molar-refractivity contribution in [3.05, 3.63) is 12.0 Å². The van der Waals surface area contributed by atoms with Crippen LogP contribution in [0.1, 0.15) is 6.92 Å². The fourth-order valence-corrected chi connectivity index (χ4v) is 3.16. The molecule has 0 unspecified atom stereocenters. The Balaban J connectivity index is 4.27. The van der Waals surface area contributed by atoms with Gasteiger partial charge in [0.05, 0.1) is 11.5 Å². The van der Waals surface area contributed by atoms with Crippen LogP contribution >= 0.6 is 0 Å². The molecule has 0 radical (unpaired) electrons. The minimum Gasteiger partial charge on any atom is -0.224 e. The molecule has 0 amide bonds. The summed E-state index contributed by atoms with van der Waals surface area (Å²) in [6.07, 6.45) is 0. The lowest BCUT2D eigenvalue weighted by atomic mass is 10.8. The minimum atomic E-state index is -3.45. The predicted molar refractivity (Wildman–Crippen MR) is 51.4 cm³/mol. The molecule has 1 N–H and O–H groups in total. The largest absolute Gasteiger partial charge is 0.224 e. The van der Waals surface area contributed by atoms with Gasteiger partial charge in [0.15, 0.2) is 9.84 Å². The number of hydrogen-bond donors (Lipinski definition) is 1. The van der Waals surface area contributed by atoms with Gasteiger partial charge in [-0.1, -0.05) is 13.5 Å². The van der Waals surface area contributed by atoms with Crippen molar-refractivity contribution in [2.75, 3.05) is 18.1 Å². The van der Waals surface area contributed by atoms with Gasteiger partial charge in [-0.2, -0.15) is 0 Å². The van der Waals surface area contributed by atoms with Crippen LogP contribution in [0.2, 0.25) is 0 Å². The first-order valence-corrected chi connectivity index (χ1v) is 7.02. The lowest BCUT2D eigenvalue weighted by Crippen LogP contribution is -2.29. The van der Waals surface area contributed by atoms with Crippen molar-refractivity contribution in [2.24, 2.45) is 0 Å². The first-order chi connectivity index (χ1) is 5.83. The van der Waals surface area contributed by atoms with E-state index < -0.39 is 31.4 Å². The standard InChI is InChI=1S/C6H13NO4S2/c1-3-7-13(10,11)6-5-12(8,9)4-2/h4,7H,2-3,5-6H2,1H3. The van der Waals surface area contributed by atoms with Crippen LogP contribution in [-0.4, -0.2) is 34.9 Å². The van der Waals surface area contributed by atoms with Crippen molar-refractivity contribution in [2.45, 2.75) is 6.92 Å². The maximum atomic E-state index is 11.0. The highest BCUT2D eigenvalue weighted by Crippen LogP contribution is 1.93. The van der Waals surface area contributed by atoms with E-state index in [9.17, 15) is 16.8 Å². The first kappa shape index (κ1) is 12.6. The number of rotatable bonds is 6. The van der Waals surface area contributed by atoms with Crippen LogP contribution < -0.4 is 4.72 Å². The summed E-state index contributed by atoms with van der Waals surface area (Å²) in [5.74, 6) is -0.846. The lowest BCUT2D eigenvalue weighted by molar-refractivity contribution is 0.581. The molecular formula is C6H13NO4S2. The third-order valence-corrected chi connectivity index (χ3v) is 4.26. The Morgan fingerprint density at radius 1 is 1.23 bits per heavy atom. The van der Waals surface area contributed by atoms with Gasteiger partial charge >= 0.3 is 0 Å². The summed E-state index contributed by atoms with van der Waals surface area (Å²) in [7, 11) is -6.88. The molecule has 0 aromatic heterocycles. The van der Waals surface area contributed by atoms with E-state index in [1.54, 1.807) is 6.92 Å². The zero-order valence-corrected chi connectivity index (χ0v) is 8.99.